The molecule has 1 aromatic rings. The fourth-order valence-corrected chi connectivity index (χ4v) is 3.66. The van der Waals surface area contributed by atoms with Crippen molar-refractivity contribution in [1.29, 1.82) is 0 Å². The van der Waals surface area contributed by atoms with E-state index in [4.69, 9.17) is 4.74 Å². The number of carbonyl (C=O) groups excluding carboxylic acids is 1. The molecule has 2 amide bonds. The Kier molecular flexibility index (Phi) is 5.41. The van der Waals surface area contributed by atoms with Crippen LogP contribution in [0.15, 0.2) is 24.3 Å². The first-order valence-corrected chi connectivity index (χ1v) is 9.06. The summed E-state index contributed by atoms with van der Waals surface area (Å²) in [5.41, 5.74) is 2.69. The maximum absolute atomic E-state index is 12.4. The van der Waals surface area contributed by atoms with Crippen LogP contribution in [-0.4, -0.2) is 48.8 Å². The Labute approximate surface area is 144 Å². The molecular formula is C19H29N3O2. The van der Waals surface area contributed by atoms with Crippen LogP contribution in [0.25, 0.3) is 0 Å². The first-order valence-electron chi connectivity index (χ1n) is 9.06. The van der Waals surface area contributed by atoms with Gasteiger partial charge >= 0.3 is 6.03 Å². The Morgan fingerprint density at radius 2 is 2.04 bits per heavy atom. The molecule has 0 saturated carbocycles. The van der Waals surface area contributed by atoms with E-state index >= 15 is 0 Å². The summed E-state index contributed by atoms with van der Waals surface area (Å²) in [6.45, 7) is 8.00. The predicted molar refractivity (Wildman–Crippen MR) is 95.0 cm³/mol. The van der Waals surface area contributed by atoms with Crippen molar-refractivity contribution in [2.45, 2.75) is 51.3 Å². The van der Waals surface area contributed by atoms with Gasteiger partial charge in [0.25, 0.3) is 0 Å². The maximum Gasteiger partial charge on any atom is 0.317 e. The lowest BCUT2D eigenvalue weighted by atomic mass is 9.93. The number of piperidine rings is 1. The summed E-state index contributed by atoms with van der Waals surface area (Å²) in [5.74, 6) is 0. The average molecular weight is 331 g/mol. The third kappa shape index (κ3) is 4.08. The van der Waals surface area contributed by atoms with Gasteiger partial charge in [-0.3, -0.25) is 0 Å². The molecule has 0 aliphatic carbocycles. The van der Waals surface area contributed by atoms with Gasteiger partial charge in [0.1, 0.15) is 0 Å². The minimum absolute atomic E-state index is 0.0502. The third-order valence-corrected chi connectivity index (χ3v) is 5.27. The summed E-state index contributed by atoms with van der Waals surface area (Å²) in [4.78, 5) is 14.3. The Morgan fingerprint density at radius 1 is 1.33 bits per heavy atom. The molecule has 1 saturated heterocycles. The van der Waals surface area contributed by atoms with Gasteiger partial charge in [0, 0.05) is 38.8 Å². The SMILES string of the molecule is CCOC1(C)CCN(C(=O)NC[C@H]2Cc3ccccc3CN2)CC1. The second-order valence-electron chi connectivity index (χ2n) is 7.11. The molecule has 24 heavy (non-hydrogen) atoms. The van der Waals surface area contributed by atoms with Crippen LogP contribution in [0.3, 0.4) is 0 Å². The molecule has 5 heteroatoms. The number of carbonyl (C=O) groups is 1. The summed E-state index contributed by atoms with van der Waals surface area (Å²) in [6, 6.07) is 8.87. The number of nitrogens with zero attached hydrogens (tertiary/aromatic N) is 1. The Morgan fingerprint density at radius 3 is 2.75 bits per heavy atom. The van der Waals surface area contributed by atoms with E-state index in [9.17, 15) is 4.79 Å². The van der Waals surface area contributed by atoms with Gasteiger partial charge in [0.05, 0.1) is 5.60 Å². The molecule has 2 N–H and O–H groups in total. The van der Waals surface area contributed by atoms with E-state index in [0.717, 1.165) is 45.5 Å². The summed E-state index contributed by atoms with van der Waals surface area (Å²) in [7, 11) is 0. The quantitative estimate of drug-likeness (QED) is 0.890. The number of likely N-dealkylation sites (tertiary alicyclic amines) is 1. The fourth-order valence-electron chi connectivity index (χ4n) is 3.66. The zero-order chi connectivity index (χ0) is 17.0. The largest absolute Gasteiger partial charge is 0.375 e. The van der Waals surface area contributed by atoms with Crippen molar-refractivity contribution in [3.63, 3.8) is 0 Å². The van der Waals surface area contributed by atoms with Gasteiger partial charge in [-0.1, -0.05) is 24.3 Å². The number of nitrogens with one attached hydrogen (secondary N) is 2. The standard InChI is InChI=1S/C19H29N3O2/c1-3-24-19(2)8-10-22(11-9-19)18(23)21-14-17-12-15-6-4-5-7-16(15)13-20-17/h4-7,17,20H,3,8-14H2,1-2H3,(H,21,23)/t17-/m1/s1. The minimum Gasteiger partial charge on any atom is -0.375 e. The van der Waals surface area contributed by atoms with Gasteiger partial charge in [-0.25, -0.2) is 4.79 Å². The number of urea groups is 1. The highest BCUT2D eigenvalue weighted by molar-refractivity contribution is 5.74. The van der Waals surface area contributed by atoms with Crippen molar-refractivity contribution in [1.82, 2.24) is 15.5 Å². The van der Waals surface area contributed by atoms with E-state index in [2.05, 4.69) is 41.8 Å². The van der Waals surface area contributed by atoms with Crippen molar-refractivity contribution in [2.24, 2.45) is 0 Å². The van der Waals surface area contributed by atoms with Crippen LogP contribution in [0.2, 0.25) is 0 Å². The lowest BCUT2D eigenvalue weighted by Gasteiger charge is -2.39. The summed E-state index contributed by atoms with van der Waals surface area (Å²) in [5, 5.41) is 6.61. The van der Waals surface area contributed by atoms with Gasteiger partial charge < -0.3 is 20.3 Å². The maximum atomic E-state index is 12.4. The highest BCUT2D eigenvalue weighted by Gasteiger charge is 2.32. The zero-order valence-corrected chi connectivity index (χ0v) is 14.8. The third-order valence-electron chi connectivity index (χ3n) is 5.27. The monoisotopic (exact) mass is 331 g/mol. The minimum atomic E-state index is -0.0693. The van der Waals surface area contributed by atoms with Gasteiger partial charge in [0.15, 0.2) is 0 Å². The predicted octanol–water partition coefficient (Wildman–Crippen LogP) is 2.30. The number of fused-ring (bicyclic) bond motifs is 1. The molecule has 0 spiro atoms. The number of ether oxygens (including phenoxy) is 1. The van der Waals surface area contributed by atoms with Crippen LogP contribution in [0.1, 0.15) is 37.8 Å². The highest BCUT2D eigenvalue weighted by atomic mass is 16.5. The lowest BCUT2D eigenvalue weighted by molar-refractivity contribution is -0.0595. The van der Waals surface area contributed by atoms with Crippen molar-refractivity contribution in [3.8, 4) is 0 Å². The fraction of sp³-hybridized carbons (Fsp3) is 0.632. The molecule has 0 bridgehead atoms. The summed E-state index contributed by atoms with van der Waals surface area (Å²) in [6.07, 6.45) is 2.78. The average Bonchev–Trinajstić information content (AvgIpc) is 2.60. The molecule has 0 radical (unpaired) electrons. The molecule has 2 aliphatic heterocycles. The van der Waals surface area contributed by atoms with Crippen LogP contribution in [0, 0.1) is 0 Å². The van der Waals surface area contributed by atoms with Crippen molar-refractivity contribution >= 4 is 6.03 Å². The van der Waals surface area contributed by atoms with E-state index < -0.39 is 0 Å². The van der Waals surface area contributed by atoms with E-state index in [1.165, 1.54) is 11.1 Å². The van der Waals surface area contributed by atoms with Crippen molar-refractivity contribution in [3.05, 3.63) is 35.4 Å². The first kappa shape index (κ1) is 17.2. The molecule has 1 atom stereocenters. The van der Waals surface area contributed by atoms with Gasteiger partial charge in [-0.05, 0) is 44.2 Å². The van der Waals surface area contributed by atoms with Gasteiger partial charge in [0.2, 0.25) is 0 Å². The summed E-state index contributed by atoms with van der Waals surface area (Å²) >= 11 is 0. The molecule has 0 aromatic heterocycles. The molecule has 3 rings (SSSR count). The van der Waals surface area contributed by atoms with Crippen molar-refractivity contribution in [2.75, 3.05) is 26.2 Å². The molecule has 132 valence electrons. The topological polar surface area (TPSA) is 53.6 Å². The van der Waals surface area contributed by atoms with Crippen LogP contribution < -0.4 is 10.6 Å². The van der Waals surface area contributed by atoms with Crippen LogP contribution in [0.4, 0.5) is 4.79 Å². The molecular weight excluding hydrogens is 302 g/mol. The Bertz CT molecular complexity index is 567. The second-order valence-corrected chi connectivity index (χ2v) is 7.11. The normalized spacial score (nSPS) is 22.8. The highest BCUT2D eigenvalue weighted by Crippen LogP contribution is 2.25. The van der Waals surface area contributed by atoms with Gasteiger partial charge in [-0.2, -0.15) is 0 Å². The van der Waals surface area contributed by atoms with E-state index in [-0.39, 0.29) is 11.6 Å². The van der Waals surface area contributed by atoms with Crippen LogP contribution in [0.5, 0.6) is 0 Å². The molecule has 1 aromatic carbocycles. The molecule has 0 unspecified atom stereocenters. The van der Waals surface area contributed by atoms with E-state index in [0.29, 0.717) is 12.6 Å². The number of rotatable bonds is 4. The summed E-state index contributed by atoms with van der Waals surface area (Å²) < 4.78 is 5.82. The molecule has 5 nitrogen and oxygen atoms in total. The van der Waals surface area contributed by atoms with Crippen molar-refractivity contribution < 1.29 is 9.53 Å². The molecule has 2 heterocycles. The van der Waals surface area contributed by atoms with Crippen LogP contribution in [-0.2, 0) is 17.7 Å². The Hall–Kier alpha value is -1.59. The lowest BCUT2D eigenvalue weighted by Crippen LogP contribution is -2.52. The zero-order valence-electron chi connectivity index (χ0n) is 14.8. The number of amides is 2. The molecule has 1 fully saturated rings. The van der Waals surface area contributed by atoms with E-state index in [1.807, 2.05) is 11.8 Å². The number of benzene rings is 1. The number of hydrogen-bond donors (Lipinski definition) is 2. The Balaban J connectivity index is 1.44. The van der Waals surface area contributed by atoms with Crippen LogP contribution >= 0.6 is 0 Å². The first-order chi connectivity index (χ1) is 11.6. The number of hydrogen-bond acceptors (Lipinski definition) is 3. The second kappa shape index (κ2) is 7.53. The molecule has 2 aliphatic rings. The smallest absolute Gasteiger partial charge is 0.317 e. The van der Waals surface area contributed by atoms with E-state index in [1.54, 1.807) is 0 Å². The van der Waals surface area contributed by atoms with Gasteiger partial charge in [-0.15, -0.1) is 0 Å².